The van der Waals surface area contributed by atoms with Crippen LogP contribution in [0, 0.1) is 0 Å². The highest BCUT2D eigenvalue weighted by atomic mass is 16.5. The maximum atomic E-state index is 13.6. The molecule has 0 atom stereocenters. The summed E-state index contributed by atoms with van der Waals surface area (Å²) >= 11 is 0. The van der Waals surface area contributed by atoms with E-state index in [2.05, 4.69) is 0 Å². The molecule has 38 heavy (non-hydrogen) atoms. The third-order valence-corrected chi connectivity index (χ3v) is 6.14. The van der Waals surface area contributed by atoms with Crippen molar-refractivity contribution in [1.82, 2.24) is 0 Å². The van der Waals surface area contributed by atoms with Crippen LogP contribution in [0.2, 0.25) is 0 Å². The third-order valence-electron chi connectivity index (χ3n) is 6.14. The molecular formula is C29H29N3O6. The maximum absolute atomic E-state index is 13.6. The number of phenols is 1. The predicted molar refractivity (Wildman–Crippen MR) is 144 cm³/mol. The Morgan fingerprint density at radius 2 is 1.61 bits per heavy atom. The molecule has 196 valence electrons. The van der Waals surface area contributed by atoms with Gasteiger partial charge >= 0.3 is 5.97 Å². The summed E-state index contributed by atoms with van der Waals surface area (Å²) in [5, 5.41) is 10.5. The second-order valence-electron chi connectivity index (χ2n) is 9.05. The smallest absolute Gasteiger partial charge is 0.315 e. The quantitative estimate of drug-likeness (QED) is 0.0572. The lowest BCUT2D eigenvalue weighted by Gasteiger charge is -2.08. The third kappa shape index (κ3) is 6.12. The van der Waals surface area contributed by atoms with Crippen LogP contribution in [0.25, 0.3) is 11.0 Å². The largest absolute Gasteiger partial charge is 0.504 e. The lowest BCUT2D eigenvalue weighted by Crippen LogP contribution is -2.11. The van der Waals surface area contributed by atoms with Crippen LogP contribution in [0.15, 0.2) is 65.1 Å². The van der Waals surface area contributed by atoms with Crippen LogP contribution >= 0.6 is 0 Å². The zero-order valence-corrected chi connectivity index (χ0v) is 20.7. The molecule has 0 radical (unpaired) electrons. The van der Waals surface area contributed by atoms with E-state index in [0.29, 0.717) is 41.6 Å². The van der Waals surface area contributed by atoms with Crippen LogP contribution in [0.1, 0.15) is 52.9 Å². The lowest BCUT2D eigenvalue weighted by molar-refractivity contribution is -0.133. The van der Waals surface area contributed by atoms with Crippen molar-refractivity contribution in [3.63, 3.8) is 0 Å². The number of hydrogen-bond donors (Lipinski definition) is 4. The van der Waals surface area contributed by atoms with Gasteiger partial charge in [-0.3, -0.25) is 14.4 Å². The number of primary amides is 1. The monoisotopic (exact) mass is 515 g/mol. The van der Waals surface area contributed by atoms with E-state index in [1.807, 2.05) is 30.3 Å². The highest BCUT2D eigenvalue weighted by Gasteiger charge is 2.24. The minimum atomic E-state index is -0.428. The molecular weight excluding hydrogens is 486 g/mol. The summed E-state index contributed by atoms with van der Waals surface area (Å²) < 4.78 is 11.6. The fourth-order valence-corrected chi connectivity index (χ4v) is 4.26. The Morgan fingerprint density at radius 3 is 2.29 bits per heavy atom. The molecule has 9 heteroatoms. The van der Waals surface area contributed by atoms with Gasteiger partial charge in [-0.1, -0.05) is 36.8 Å². The number of esters is 1. The number of aryl methyl sites for hydroxylation is 1. The Hall–Kier alpha value is -4.79. The first-order chi connectivity index (χ1) is 18.2. The molecule has 1 amide bonds. The molecule has 1 aromatic heterocycles. The van der Waals surface area contributed by atoms with Gasteiger partial charge in [0.05, 0.1) is 23.4 Å². The summed E-state index contributed by atoms with van der Waals surface area (Å²) in [5.74, 6) is -0.706. The minimum absolute atomic E-state index is 0.0123. The van der Waals surface area contributed by atoms with E-state index >= 15 is 0 Å². The number of hydrogen-bond acceptors (Lipinski definition) is 8. The Morgan fingerprint density at radius 1 is 0.895 bits per heavy atom. The highest BCUT2D eigenvalue weighted by Crippen LogP contribution is 2.35. The van der Waals surface area contributed by atoms with E-state index < -0.39 is 5.97 Å². The van der Waals surface area contributed by atoms with Crippen LogP contribution in [0.3, 0.4) is 0 Å². The number of unbranched alkanes of at least 4 members (excludes halogenated alkanes) is 2. The number of nitrogens with two attached hydrogens (primary N) is 3. The molecule has 0 fully saturated rings. The summed E-state index contributed by atoms with van der Waals surface area (Å²) in [4.78, 5) is 37.1. The molecule has 4 aromatic rings. The van der Waals surface area contributed by atoms with Gasteiger partial charge in [-0.15, -0.1) is 0 Å². The van der Waals surface area contributed by atoms with Gasteiger partial charge in [-0.05, 0) is 42.7 Å². The first-order valence-electron chi connectivity index (χ1n) is 12.2. The van der Waals surface area contributed by atoms with Crippen molar-refractivity contribution < 1.29 is 28.6 Å². The maximum Gasteiger partial charge on any atom is 0.315 e. The summed E-state index contributed by atoms with van der Waals surface area (Å²) in [7, 11) is 0. The fraction of sp³-hybridized carbons (Fsp3) is 0.207. The van der Waals surface area contributed by atoms with Crippen molar-refractivity contribution in [1.29, 1.82) is 0 Å². The van der Waals surface area contributed by atoms with Gasteiger partial charge in [-0.2, -0.15) is 0 Å². The molecule has 0 bridgehead atoms. The highest BCUT2D eigenvalue weighted by molar-refractivity contribution is 6.17. The summed E-state index contributed by atoms with van der Waals surface area (Å²) in [6, 6.07) is 16.8. The van der Waals surface area contributed by atoms with Crippen molar-refractivity contribution in [3.05, 3.63) is 83.1 Å². The number of ether oxygens (including phenoxy) is 1. The Labute approximate surface area is 219 Å². The van der Waals surface area contributed by atoms with Crippen LogP contribution in [-0.2, 0) is 22.4 Å². The Kier molecular flexibility index (Phi) is 7.96. The number of furan rings is 1. The predicted octanol–water partition coefficient (Wildman–Crippen LogP) is 4.27. The number of rotatable bonds is 11. The summed E-state index contributed by atoms with van der Waals surface area (Å²) in [6.45, 7) is 0. The second kappa shape index (κ2) is 11.5. The topological polar surface area (TPSA) is 172 Å². The molecule has 0 saturated heterocycles. The Bertz CT molecular complexity index is 1470. The minimum Gasteiger partial charge on any atom is -0.504 e. The first kappa shape index (κ1) is 26.3. The molecule has 1 heterocycles. The van der Waals surface area contributed by atoms with Crippen molar-refractivity contribution in [2.75, 3.05) is 11.5 Å². The van der Waals surface area contributed by atoms with E-state index in [1.54, 1.807) is 18.2 Å². The van der Waals surface area contributed by atoms with Crippen LogP contribution in [0.4, 0.5) is 11.4 Å². The number of nitrogen functional groups attached to an aromatic ring is 2. The molecule has 0 aliphatic carbocycles. The number of phenolic OH excluding ortho intramolecular Hbond substituents is 1. The summed E-state index contributed by atoms with van der Waals surface area (Å²) in [6.07, 6.45) is 2.84. The van der Waals surface area contributed by atoms with E-state index in [4.69, 9.17) is 26.4 Å². The fourth-order valence-electron chi connectivity index (χ4n) is 4.26. The van der Waals surface area contributed by atoms with Gasteiger partial charge in [0.15, 0.2) is 11.5 Å². The number of ketones is 1. The molecule has 0 spiro atoms. The number of carbonyl (C=O) groups excluding carboxylic acids is 3. The standard InChI is InChI=1S/C29H29N3O6/c30-21-14-18(15-22(31)29(21)36)28(35)27-20-12-11-19(37-26(34)13-17-7-3-1-4-8-17)16-24(20)38-23(27)9-5-2-6-10-25(32)33/h1,3-4,7-8,11-12,14-16,36H,2,5-6,9-10,13,30-31H2,(H2,32,33). The van der Waals surface area contributed by atoms with Crippen LogP contribution < -0.4 is 21.9 Å². The zero-order valence-electron chi connectivity index (χ0n) is 20.7. The van der Waals surface area contributed by atoms with Gasteiger partial charge in [-0.25, -0.2) is 0 Å². The number of carbonyl (C=O) groups is 3. The van der Waals surface area contributed by atoms with Gasteiger partial charge in [0.25, 0.3) is 0 Å². The van der Waals surface area contributed by atoms with Gasteiger partial charge in [0, 0.05) is 29.9 Å². The molecule has 3 aromatic carbocycles. The van der Waals surface area contributed by atoms with E-state index in [-0.39, 0.29) is 53.0 Å². The van der Waals surface area contributed by atoms with Gasteiger partial charge < -0.3 is 31.5 Å². The van der Waals surface area contributed by atoms with E-state index in [9.17, 15) is 19.5 Å². The molecule has 0 aliphatic heterocycles. The normalized spacial score (nSPS) is 10.9. The zero-order chi connectivity index (χ0) is 27.2. The number of anilines is 2. The van der Waals surface area contributed by atoms with Crippen molar-refractivity contribution >= 4 is 40.0 Å². The lowest BCUT2D eigenvalue weighted by atomic mass is 9.97. The number of amides is 1. The van der Waals surface area contributed by atoms with Crippen molar-refractivity contribution in [3.8, 4) is 11.5 Å². The van der Waals surface area contributed by atoms with Gasteiger partial charge in [0.2, 0.25) is 5.91 Å². The van der Waals surface area contributed by atoms with Gasteiger partial charge in [0.1, 0.15) is 17.1 Å². The van der Waals surface area contributed by atoms with Crippen molar-refractivity contribution in [2.45, 2.75) is 38.5 Å². The summed E-state index contributed by atoms with van der Waals surface area (Å²) in [5.41, 5.74) is 18.6. The average Bonchev–Trinajstić information content (AvgIpc) is 3.24. The Balaban J connectivity index is 1.63. The van der Waals surface area contributed by atoms with Crippen LogP contribution in [-0.4, -0.2) is 22.8 Å². The molecule has 9 nitrogen and oxygen atoms in total. The number of aromatic hydroxyl groups is 1. The van der Waals surface area contributed by atoms with E-state index in [0.717, 1.165) is 12.0 Å². The average molecular weight is 516 g/mol. The second-order valence-corrected chi connectivity index (χ2v) is 9.05. The SMILES string of the molecule is NC(=O)CCCCCc1oc2cc(OC(=O)Cc3ccccc3)ccc2c1C(=O)c1cc(N)c(O)c(N)c1. The number of fused-ring (bicyclic) bond motifs is 1. The molecule has 0 saturated carbocycles. The molecule has 0 aliphatic rings. The number of benzene rings is 3. The molecule has 4 rings (SSSR count). The van der Waals surface area contributed by atoms with Crippen LogP contribution in [0.5, 0.6) is 11.5 Å². The van der Waals surface area contributed by atoms with Crippen molar-refractivity contribution in [2.24, 2.45) is 5.73 Å². The molecule has 7 N–H and O–H groups in total. The van der Waals surface area contributed by atoms with E-state index in [1.165, 1.54) is 12.1 Å². The molecule has 0 unspecified atom stereocenters. The first-order valence-corrected chi connectivity index (χ1v) is 12.2.